The van der Waals surface area contributed by atoms with Crippen LogP contribution in [0.4, 0.5) is 5.69 Å². The van der Waals surface area contributed by atoms with Crippen LogP contribution in [0, 0.1) is 0 Å². The lowest BCUT2D eigenvalue weighted by molar-refractivity contribution is 0.0291. The zero-order chi connectivity index (χ0) is 11.7. The standard InChI is InChI=1S/C10H8Br2N2O2/c11-8-3-1-2-6(10(8)14(15)16)7-4-13-5-9(7)12/h1-5,13,15-16H. The summed E-state index contributed by atoms with van der Waals surface area (Å²) in [6.45, 7) is 0. The summed E-state index contributed by atoms with van der Waals surface area (Å²) in [6.07, 6.45) is 3.55. The molecule has 2 aromatic rings. The summed E-state index contributed by atoms with van der Waals surface area (Å²) in [5.41, 5.74) is 1.85. The van der Waals surface area contributed by atoms with Crippen molar-refractivity contribution >= 4 is 37.5 Å². The zero-order valence-electron chi connectivity index (χ0n) is 7.98. The molecular formula is C10H8Br2N2O2. The SMILES string of the molecule is ON(O)c1c(Br)cccc1-c1c[nH]cc1Br. The number of benzene rings is 1. The van der Waals surface area contributed by atoms with E-state index in [0.29, 0.717) is 15.7 Å². The van der Waals surface area contributed by atoms with Gasteiger partial charge in [0.2, 0.25) is 0 Å². The first-order chi connectivity index (χ1) is 7.61. The Bertz CT molecular complexity index is 511. The lowest BCUT2D eigenvalue weighted by atomic mass is 10.1. The molecule has 0 unspecified atom stereocenters. The van der Waals surface area contributed by atoms with Crippen molar-refractivity contribution in [2.75, 3.05) is 5.23 Å². The van der Waals surface area contributed by atoms with Crippen molar-refractivity contribution in [1.82, 2.24) is 4.98 Å². The van der Waals surface area contributed by atoms with E-state index in [2.05, 4.69) is 36.8 Å². The summed E-state index contributed by atoms with van der Waals surface area (Å²) in [4.78, 5) is 2.94. The number of para-hydroxylation sites is 1. The van der Waals surface area contributed by atoms with Crippen LogP contribution in [0.2, 0.25) is 0 Å². The van der Waals surface area contributed by atoms with Gasteiger partial charge in [-0.05, 0) is 37.9 Å². The maximum atomic E-state index is 9.21. The number of rotatable bonds is 2. The molecule has 2 rings (SSSR count). The minimum Gasteiger partial charge on any atom is -0.366 e. The van der Waals surface area contributed by atoms with Gasteiger partial charge in [-0.3, -0.25) is 10.4 Å². The van der Waals surface area contributed by atoms with E-state index < -0.39 is 0 Å². The van der Waals surface area contributed by atoms with Crippen LogP contribution in [-0.4, -0.2) is 15.4 Å². The lowest BCUT2D eigenvalue weighted by Crippen LogP contribution is -2.12. The van der Waals surface area contributed by atoms with Gasteiger partial charge in [0.15, 0.2) is 0 Å². The number of hydrogen-bond acceptors (Lipinski definition) is 3. The highest BCUT2D eigenvalue weighted by molar-refractivity contribution is 9.11. The Kier molecular flexibility index (Phi) is 3.34. The van der Waals surface area contributed by atoms with E-state index in [1.54, 1.807) is 24.5 Å². The number of H-pyrrole nitrogens is 1. The molecule has 0 bridgehead atoms. The molecule has 0 spiro atoms. The Morgan fingerprint density at radius 3 is 2.31 bits per heavy atom. The van der Waals surface area contributed by atoms with Gasteiger partial charge < -0.3 is 4.98 Å². The molecule has 0 aliphatic rings. The maximum Gasteiger partial charge on any atom is 0.116 e. The third-order valence-electron chi connectivity index (χ3n) is 2.17. The highest BCUT2D eigenvalue weighted by atomic mass is 79.9. The van der Waals surface area contributed by atoms with Crippen molar-refractivity contribution in [3.8, 4) is 11.1 Å². The molecule has 0 aliphatic carbocycles. The van der Waals surface area contributed by atoms with E-state index in [-0.39, 0.29) is 5.23 Å². The van der Waals surface area contributed by atoms with Gasteiger partial charge in [-0.2, -0.15) is 0 Å². The van der Waals surface area contributed by atoms with Crippen molar-refractivity contribution in [3.05, 3.63) is 39.5 Å². The number of hydrogen-bond donors (Lipinski definition) is 3. The van der Waals surface area contributed by atoms with Gasteiger partial charge >= 0.3 is 0 Å². The third-order valence-corrected chi connectivity index (χ3v) is 3.47. The molecule has 16 heavy (non-hydrogen) atoms. The van der Waals surface area contributed by atoms with Crippen molar-refractivity contribution in [2.45, 2.75) is 0 Å². The average molecular weight is 348 g/mol. The molecule has 1 heterocycles. The highest BCUT2D eigenvalue weighted by Gasteiger charge is 2.15. The van der Waals surface area contributed by atoms with Crippen molar-refractivity contribution in [3.63, 3.8) is 0 Å². The number of aromatic nitrogens is 1. The molecule has 0 saturated carbocycles. The summed E-state index contributed by atoms with van der Waals surface area (Å²) in [6, 6.07) is 5.36. The average Bonchev–Trinajstić information content (AvgIpc) is 2.63. The smallest absolute Gasteiger partial charge is 0.116 e. The molecule has 0 radical (unpaired) electrons. The van der Waals surface area contributed by atoms with Gasteiger partial charge in [-0.1, -0.05) is 12.1 Å². The van der Waals surface area contributed by atoms with Gasteiger partial charge in [-0.15, -0.1) is 5.23 Å². The second kappa shape index (κ2) is 4.58. The molecule has 0 amide bonds. The first-order valence-corrected chi connectivity index (χ1v) is 5.99. The summed E-state index contributed by atoms with van der Waals surface area (Å²) in [7, 11) is 0. The molecule has 4 nitrogen and oxygen atoms in total. The van der Waals surface area contributed by atoms with E-state index >= 15 is 0 Å². The predicted octanol–water partition coefficient (Wildman–Crippen LogP) is 3.79. The van der Waals surface area contributed by atoms with E-state index in [0.717, 1.165) is 10.0 Å². The van der Waals surface area contributed by atoms with E-state index in [1.165, 1.54) is 0 Å². The van der Waals surface area contributed by atoms with Crippen LogP contribution in [0.1, 0.15) is 0 Å². The first kappa shape index (κ1) is 11.7. The van der Waals surface area contributed by atoms with Crippen LogP contribution in [0.3, 0.4) is 0 Å². The van der Waals surface area contributed by atoms with E-state index in [4.69, 9.17) is 0 Å². The molecule has 0 fully saturated rings. The second-order valence-corrected chi connectivity index (χ2v) is 4.85. The third kappa shape index (κ3) is 2.01. The molecule has 1 aromatic carbocycles. The summed E-state index contributed by atoms with van der Waals surface area (Å²) < 4.78 is 1.46. The Morgan fingerprint density at radius 2 is 1.75 bits per heavy atom. The topological polar surface area (TPSA) is 59.5 Å². The molecule has 0 aliphatic heterocycles. The van der Waals surface area contributed by atoms with Crippen LogP contribution >= 0.6 is 31.9 Å². The monoisotopic (exact) mass is 346 g/mol. The molecule has 84 valence electrons. The fourth-order valence-electron chi connectivity index (χ4n) is 1.49. The van der Waals surface area contributed by atoms with E-state index in [9.17, 15) is 10.4 Å². The summed E-state index contributed by atoms with van der Waals surface area (Å²) >= 11 is 6.65. The summed E-state index contributed by atoms with van der Waals surface area (Å²) in [5.74, 6) is 0. The van der Waals surface area contributed by atoms with Crippen LogP contribution in [0.25, 0.3) is 11.1 Å². The van der Waals surface area contributed by atoms with Crippen molar-refractivity contribution in [1.29, 1.82) is 0 Å². The minimum absolute atomic E-state index is 0.110. The molecule has 1 aromatic heterocycles. The molecular weight excluding hydrogens is 340 g/mol. The Balaban J connectivity index is 2.66. The van der Waals surface area contributed by atoms with Gasteiger partial charge in [0.1, 0.15) is 5.69 Å². The van der Waals surface area contributed by atoms with Gasteiger partial charge in [0, 0.05) is 32.5 Å². The fourth-order valence-corrected chi connectivity index (χ4v) is 2.47. The number of nitrogens with zero attached hydrogens (tertiary/aromatic N) is 1. The van der Waals surface area contributed by atoms with Crippen LogP contribution in [0.5, 0.6) is 0 Å². The summed E-state index contributed by atoms with van der Waals surface area (Å²) in [5, 5.41) is 18.5. The quantitative estimate of drug-likeness (QED) is 0.724. The van der Waals surface area contributed by atoms with Gasteiger partial charge in [-0.25, -0.2) is 0 Å². The largest absolute Gasteiger partial charge is 0.366 e. The van der Waals surface area contributed by atoms with Crippen LogP contribution < -0.4 is 5.23 Å². The molecule has 0 atom stereocenters. The highest BCUT2D eigenvalue weighted by Crippen LogP contribution is 2.38. The lowest BCUT2D eigenvalue weighted by Gasteiger charge is -2.14. The maximum absolute atomic E-state index is 9.21. The minimum atomic E-state index is 0.110. The number of aromatic amines is 1. The predicted molar refractivity (Wildman–Crippen MR) is 67.7 cm³/mol. The number of halogens is 2. The Morgan fingerprint density at radius 1 is 1.00 bits per heavy atom. The van der Waals surface area contributed by atoms with Crippen molar-refractivity contribution < 1.29 is 10.4 Å². The Labute approximate surface area is 109 Å². The number of anilines is 1. The molecule has 6 heteroatoms. The Hall–Kier alpha value is -0.820. The van der Waals surface area contributed by atoms with E-state index in [1.807, 2.05) is 6.07 Å². The number of nitrogens with one attached hydrogen (secondary N) is 1. The van der Waals surface area contributed by atoms with Crippen LogP contribution in [-0.2, 0) is 0 Å². The zero-order valence-corrected chi connectivity index (χ0v) is 11.2. The fraction of sp³-hybridized carbons (Fsp3) is 0. The first-order valence-electron chi connectivity index (χ1n) is 4.40. The van der Waals surface area contributed by atoms with Crippen LogP contribution in [0.15, 0.2) is 39.5 Å². The second-order valence-electron chi connectivity index (χ2n) is 3.14. The normalized spacial score (nSPS) is 10.5. The van der Waals surface area contributed by atoms with Crippen molar-refractivity contribution in [2.24, 2.45) is 0 Å². The molecule has 3 N–H and O–H groups in total. The van der Waals surface area contributed by atoms with Gasteiger partial charge in [0.05, 0.1) is 0 Å². The van der Waals surface area contributed by atoms with Gasteiger partial charge in [0.25, 0.3) is 0 Å². The molecule has 0 saturated heterocycles.